The van der Waals surface area contributed by atoms with Crippen LogP contribution in [0.4, 0.5) is 0 Å². The molecule has 1 nitrogen and oxygen atoms in total. The fourth-order valence-corrected chi connectivity index (χ4v) is 6.31. The van der Waals surface area contributed by atoms with Gasteiger partial charge in [0.2, 0.25) is 0 Å². The van der Waals surface area contributed by atoms with Gasteiger partial charge in [-0.25, -0.2) is 4.98 Å². The van der Waals surface area contributed by atoms with E-state index in [9.17, 15) is 0 Å². The molecule has 0 spiro atoms. The Bertz CT molecular complexity index is 2230. The Balaban J connectivity index is 1.06. The van der Waals surface area contributed by atoms with Gasteiger partial charge in [-0.1, -0.05) is 176 Å². The van der Waals surface area contributed by atoms with Gasteiger partial charge in [-0.15, -0.1) is 0 Å². The SMILES string of the molecule is c1ccc(-c2cccc(-c3ccc(-c4cccc(-c5ccc(-c6cc(-c7ccccc7)nc(-c7ccccc7)c6)cc5)c4)cc3)c2)cc1. The molecule has 7 aromatic carbocycles. The highest BCUT2D eigenvalue weighted by molar-refractivity contribution is 5.80. The summed E-state index contributed by atoms with van der Waals surface area (Å²) in [6.07, 6.45) is 0. The summed E-state index contributed by atoms with van der Waals surface area (Å²) < 4.78 is 0. The molecule has 1 heterocycles. The molecule has 0 bridgehead atoms. The van der Waals surface area contributed by atoms with Crippen LogP contribution < -0.4 is 0 Å². The largest absolute Gasteiger partial charge is 0.248 e. The third kappa shape index (κ3) is 6.23. The van der Waals surface area contributed by atoms with Crippen LogP contribution in [-0.2, 0) is 0 Å². The minimum atomic E-state index is 0.971. The van der Waals surface area contributed by atoms with Crippen molar-refractivity contribution in [3.63, 3.8) is 0 Å². The van der Waals surface area contributed by atoms with Crippen LogP contribution in [0.15, 0.2) is 200 Å². The zero-order chi connectivity index (χ0) is 32.1. The molecule has 1 aromatic heterocycles. The monoisotopic (exact) mass is 611 g/mol. The number of benzene rings is 7. The molecule has 226 valence electrons. The van der Waals surface area contributed by atoms with E-state index >= 15 is 0 Å². The molecule has 0 aliphatic carbocycles. The first-order valence-electron chi connectivity index (χ1n) is 16.4. The number of hydrogen-bond acceptors (Lipinski definition) is 1. The van der Waals surface area contributed by atoms with Gasteiger partial charge in [0.05, 0.1) is 11.4 Å². The van der Waals surface area contributed by atoms with Gasteiger partial charge >= 0.3 is 0 Å². The second kappa shape index (κ2) is 13.2. The van der Waals surface area contributed by atoms with Crippen molar-refractivity contribution in [1.82, 2.24) is 4.98 Å². The lowest BCUT2D eigenvalue weighted by Gasteiger charge is -2.11. The van der Waals surface area contributed by atoms with Gasteiger partial charge in [0.15, 0.2) is 0 Å². The minimum absolute atomic E-state index is 0.971. The molecule has 0 saturated carbocycles. The highest BCUT2D eigenvalue weighted by Crippen LogP contribution is 2.34. The second-order valence-corrected chi connectivity index (χ2v) is 12.0. The number of rotatable bonds is 7. The van der Waals surface area contributed by atoms with Crippen LogP contribution in [0.1, 0.15) is 0 Å². The first kappa shape index (κ1) is 29.1. The highest BCUT2D eigenvalue weighted by Gasteiger charge is 2.10. The van der Waals surface area contributed by atoms with Crippen LogP contribution in [0.5, 0.6) is 0 Å². The van der Waals surface area contributed by atoms with Gasteiger partial charge < -0.3 is 0 Å². The Morgan fingerprint density at radius 1 is 0.188 bits per heavy atom. The summed E-state index contributed by atoms with van der Waals surface area (Å²) in [4.78, 5) is 5.04. The van der Waals surface area contributed by atoms with Crippen molar-refractivity contribution in [1.29, 1.82) is 0 Å². The standard InChI is InChI=1S/C47H33N/c1-4-12-34(13-5-1)41-18-10-19-42(30-41)35-22-24-36(25-23-35)43-20-11-21-44(31-43)37-26-28-38(29-27-37)45-32-46(39-14-6-2-7-15-39)48-47(33-45)40-16-8-3-9-17-40/h1-33H. The number of hydrogen-bond donors (Lipinski definition) is 0. The van der Waals surface area contributed by atoms with E-state index in [4.69, 9.17) is 4.98 Å². The van der Waals surface area contributed by atoms with Crippen LogP contribution in [0.25, 0.3) is 78.1 Å². The molecule has 0 unspecified atom stereocenters. The smallest absolute Gasteiger partial charge is 0.0715 e. The fraction of sp³-hybridized carbons (Fsp3) is 0. The van der Waals surface area contributed by atoms with Crippen molar-refractivity contribution in [3.8, 4) is 78.1 Å². The van der Waals surface area contributed by atoms with Crippen molar-refractivity contribution < 1.29 is 0 Å². The molecule has 8 aromatic rings. The van der Waals surface area contributed by atoms with Gasteiger partial charge in [-0.2, -0.15) is 0 Å². The Labute approximate surface area is 282 Å². The fourth-order valence-electron chi connectivity index (χ4n) is 6.31. The summed E-state index contributed by atoms with van der Waals surface area (Å²) in [5.41, 5.74) is 16.2. The molecule has 0 radical (unpaired) electrons. The van der Waals surface area contributed by atoms with E-state index in [1.54, 1.807) is 0 Å². The van der Waals surface area contributed by atoms with E-state index in [-0.39, 0.29) is 0 Å². The van der Waals surface area contributed by atoms with Crippen LogP contribution in [0.3, 0.4) is 0 Å². The van der Waals surface area contributed by atoms with E-state index in [2.05, 4.69) is 188 Å². The number of nitrogens with zero attached hydrogens (tertiary/aromatic N) is 1. The predicted molar refractivity (Wildman–Crippen MR) is 202 cm³/mol. The van der Waals surface area contributed by atoms with Crippen molar-refractivity contribution in [2.75, 3.05) is 0 Å². The maximum absolute atomic E-state index is 5.04. The molecule has 0 amide bonds. The Morgan fingerprint density at radius 3 is 0.812 bits per heavy atom. The average molecular weight is 612 g/mol. The van der Waals surface area contributed by atoms with Crippen molar-refractivity contribution >= 4 is 0 Å². The van der Waals surface area contributed by atoms with E-state index < -0.39 is 0 Å². The molecular weight excluding hydrogens is 579 g/mol. The van der Waals surface area contributed by atoms with Crippen LogP contribution >= 0.6 is 0 Å². The first-order chi connectivity index (χ1) is 23.8. The third-order valence-corrected chi connectivity index (χ3v) is 8.90. The zero-order valence-electron chi connectivity index (χ0n) is 26.5. The molecule has 1 heteroatoms. The van der Waals surface area contributed by atoms with E-state index in [1.807, 2.05) is 12.1 Å². The zero-order valence-corrected chi connectivity index (χ0v) is 26.5. The summed E-state index contributed by atoms with van der Waals surface area (Å²) in [6, 6.07) is 71.1. The Morgan fingerprint density at radius 2 is 0.458 bits per heavy atom. The Hall–Kier alpha value is -6.31. The molecule has 48 heavy (non-hydrogen) atoms. The lowest BCUT2D eigenvalue weighted by molar-refractivity contribution is 1.32. The summed E-state index contributed by atoms with van der Waals surface area (Å²) in [5, 5.41) is 0. The number of pyridine rings is 1. The molecule has 8 rings (SSSR count). The normalized spacial score (nSPS) is 10.9. The van der Waals surface area contributed by atoms with Gasteiger partial charge in [-0.3, -0.25) is 0 Å². The third-order valence-electron chi connectivity index (χ3n) is 8.90. The summed E-state index contributed by atoms with van der Waals surface area (Å²) >= 11 is 0. The number of aromatic nitrogens is 1. The maximum atomic E-state index is 5.04. The highest BCUT2D eigenvalue weighted by atomic mass is 14.7. The van der Waals surface area contributed by atoms with Gasteiger partial charge in [0, 0.05) is 11.1 Å². The maximum Gasteiger partial charge on any atom is 0.0715 e. The molecule has 0 fully saturated rings. The molecule has 0 atom stereocenters. The van der Waals surface area contributed by atoms with Crippen molar-refractivity contribution in [2.45, 2.75) is 0 Å². The minimum Gasteiger partial charge on any atom is -0.248 e. The second-order valence-electron chi connectivity index (χ2n) is 12.0. The van der Waals surface area contributed by atoms with Crippen molar-refractivity contribution in [3.05, 3.63) is 200 Å². The summed E-state index contributed by atoms with van der Waals surface area (Å²) in [5.74, 6) is 0. The van der Waals surface area contributed by atoms with Crippen LogP contribution in [-0.4, -0.2) is 4.98 Å². The van der Waals surface area contributed by atoms with Gasteiger partial charge in [0.25, 0.3) is 0 Å². The van der Waals surface area contributed by atoms with Crippen LogP contribution in [0, 0.1) is 0 Å². The van der Waals surface area contributed by atoms with Gasteiger partial charge in [-0.05, 0) is 79.9 Å². The first-order valence-corrected chi connectivity index (χ1v) is 16.4. The van der Waals surface area contributed by atoms with E-state index in [1.165, 1.54) is 50.1 Å². The molecule has 0 aliphatic heterocycles. The summed E-state index contributed by atoms with van der Waals surface area (Å²) in [7, 11) is 0. The molecular formula is C47H33N. The predicted octanol–water partition coefficient (Wildman–Crippen LogP) is 12.8. The van der Waals surface area contributed by atoms with Crippen LogP contribution in [0.2, 0.25) is 0 Å². The average Bonchev–Trinajstić information content (AvgIpc) is 3.19. The van der Waals surface area contributed by atoms with E-state index in [0.717, 1.165) is 28.1 Å². The topological polar surface area (TPSA) is 12.9 Å². The lowest BCUT2D eigenvalue weighted by atomic mass is 9.95. The lowest BCUT2D eigenvalue weighted by Crippen LogP contribution is -1.91. The van der Waals surface area contributed by atoms with Crippen molar-refractivity contribution in [2.24, 2.45) is 0 Å². The molecule has 0 N–H and O–H groups in total. The Kier molecular flexibility index (Phi) is 8.01. The molecule has 0 aliphatic rings. The quantitative estimate of drug-likeness (QED) is 0.175. The van der Waals surface area contributed by atoms with Gasteiger partial charge in [0.1, 0.15) is 0 Å². The summed E-state index contributed by atoms with van der Waals surface area (Å²) in [6.45, 7) is 0. The van der Waals surface area contributed by atoms with E-state index in [0.29, 0.717) is 0 Å². The molecule has 0 saturated heterocycles.